The standard InChI is InChI=1S/C31H21FN8O2S/c1-16(41)22-7-8-23(43-22)29-28-20(9-10-34-29)37-31(38-28)30-25-21(39-40-30)15-35-27(26(25)32)18-12-19(14-33-13-18)36-24(42)11-17-5-3-2-4-6-17/h2-10,12-15H,11H2,1H3,(H,36,42)(H,37,38)(H,39,40). The molecule has 0 radical (unpaired) electrons. The predicted octanol–water partition coefficient (Wildman–Crippen LogP) is 6.21. The fourth-order valence-corrected chi connectivity index (χ4v) is 5.75. The Morgan fingerprint density at radius 2 is 1.81 bits per heavy atom. The SMILES string of the molecule is CC(=O)c1ccc(-c2nccc3[nH]c(-c4n[nH]c5cnc(-c6cncc(NC(=O)Cc7ccccc7)c6)c(F)c45)nc23)s1. The van der Waals surface area contributed by atoms with E-state index in [1.807, 2.05) is 36.4 Å². The van der Waals surface area contributed by atoms with Crippen LogP contribution in [0.1, 0.15) is 22.2 Å². The van der Waals surface area contributed by atoms with Gasteiger partial charge in [-0.2, -0.15) is 5.10 Å². The van der Waals surface area contributed by atoms with Crippen LogP contribution in [0.3, 0.4) is 0 Å². The maximum absolute atomic E-state index is 16.2. The lowest BCUT2D eigenvalue weighted by Crippen LogP contribution is -2.14. The van der Waals surface area contributed by atoms with Crippen molar-refractivity contribution in [1.29, 1.82) is 0 Å². The molecule has 1 aromatic carbocycles. The van der Waals surface area contributed by atoms with E-state index in [4.69, 9.17) is 4.98 Å². The number of fused-ring (bicyclic) bond motifs is 2. The van der Waals surface area contributed by atoms with Crippen molar-refractivity contribution in [3.05, 3.63) is 95.6 Å². The minimum absolute atomic E-state index is 0.0238. The molecule has 1 amide bonds. The molecule has 0 bridgehead atoms. The van der Waals surface area contributed by atoms with Gasteiger partial charge in [-0.1, -0.05) is 30.3 Å². The van der Waals surface area contributed by atoms with E-state index >= 15 is 4.39 Å². The molecule has 12 heteroatoms. The van der Waals surface area contributed by atoms with Crippen LogP contribution in [-0.2, 0) is 11.2 Å². The first kappa shape index (κ1) is 26.3. The molecule has 6 aromatic heterocycles. The van der Waals surface area contributed by atoms with Crippen LogP contribution in [0.25, 0.3) is 55.3 Å². The Morgan fingerprint density at radius 3 is 2.63 bits per heavy atom. The highest BCUT2D eigenvalue weighted by Crippen LogP contribution is 2.35. The highest BCUT2D eigenvalue weighted by molar-refractivity contribution is 7.17. The van der Waals surface area contributed by atoms with E-state index in [2.05, 4.69) is 35.5 Å². The summed E-state index contributed by atoms with van der Waals surface area (Å²) in [4.78, 5) is 46.8. The Kier molecular flexibility index (Phi) is 6.51. The van der Waals surface area contributed by atoms with Crippen molar-refractivity contribution in [3.63, 3.8) is 0 Å². The van der Waals surface area contributed by atoms with Crippen LogP contribution in [0.2, 0.25) is 0 Å². The van der Waals surface area contributed by atoms with Crippen molar-refractivity contribution in [1.82, 2.24) is 35.1 Å². The summed E-state index contributed by atoms with van der Waals surface area (Å²) < 4.78 is 16.2. The normalized spacial score (nSPS) is 11.3. The number of nitrogens with zero attached hydrogens (tertiary/aromatic N) is 5. The van der Waals surface area contributed by atoms with Gasteiger partial charge in [0.1, 0.15) is 22.6 Å². The predicted molar refractivity (Wildman–Crippen MR) is 162 cm³/mol. The lowest BCUT2D eigenvalue weighted by atomic mass is 10.1. The number of carbonyl (C=O) groups excluding carboxylic acids is 2. The quantitative estimate of drug-likeness (QED) is 0.188. The number of hydrogen-bond acceptors (Lipinski definition) is 8. The van der Waals surface area contributed by atoms with Crippen LogP contribution < -0.4 is 5.32 Å². The molecular weight excluding hydrogens is 567 g/mol. The largest absolute Gasteiger partial charge is 0.336 e. The molecular formula is C31H21FN8O2S. The van der Waals surface area contributed by atoms with Crippen LogP contribution in [0.15, 0.2) is 79.4 Å². The van der Waals surface area contributed by atoms with E-state index in [1.54, 1.807) is 24.4 Å². The zero-order chi connectivity index (χ0) is 29.5. The number of amides is 1. The second-order valence-corrected chi connectivity index (χ2v) is 10.9. The number of carbonyl (C=O) groups is 2. The number of rotatable bonds is 7. The van der Waals surface area contributed by atoms with Crippen molar-refractivity contribution in [2.45, 2.75) is 13.3 Å². The van der Waals surface area contributed by atoms with Gasteiger partial charge in [-0.15, -0.1) is 11.3 Å². The summed E-state index contributed by atoms with van der Waals surface area (Å²) in [6.07, 6.45) is 6.33. The molecule has 43 heavy (non-hydrogen) atoms. The maximum Gasteiger partial charge on any atom is 0.228 e. The molecule has 0 atom stereocenters. The van der Waals surface area contributed by atoms with E-state index in [9.17, 15) is 9.59 Å². The van der Waals surface area contributed by atoms with Crippen molar-refractivity contribution < 1.29 is 14.0 Å². The van der Waals surface area contributed by atoms with E-state index < -0.39 is 5.82 Å². The van der Waals surface area contributed by atoms with Gasteiger partial charge in [-0.3, -0.25) is 29.6 Å². The number of ketones is 1. The minimum atomic E-state index is -0.612. The summed E-state index contributed by atoms with van der Waals surface area (Å²) in [5, 5.41) is 10.2. The second kappa shape index (κ2) is 10.7. The topological polar surface area (TPSA) is 142 Å². The van der Waals surface area contributed by atoms with Gasteiger partial charge in [0.05, 0.1) is 50.7 Å². The lowest BCUT2D eigenvalue weighted by molar-refractivity contribution is -0.115. The molecule has 210 valence electrons. The third kappa shape index (κ3) is 4.93. The van der Waals surface area contributed by atoms with E-state index in [1.165, 1.54) is 36.9 Å². The Bertz CT molecular complexity index is 2170. The van der Waals surface area contributed by atoms with Crippen molar-refractivity contribution in [3.8, 4) is 33.3 Å². The second-order valence-electron chi connectivity index (χ2n) is 9.82. The smallest absolute Gasteiger partial charge is 0.228 e. The maximum atomic E-state index is 16.2. The average Bonchev–Trinajstić information content (AvgIpc) is 3.76. The highest BCUT2D eigenvalue weighted by Gasteiger charge is 2.22. The Labute approximate surface area is 247 Å². The number of benzene rings is 1. The summed E-state index contributed by atoms with van der Waals surface area (Å²) >= 11 is 1.34. The summed E-state index contributed by atoms with van der Waals surface area (Å²) in [5.74, 6) is -0.511. The molecule has 0 spiro atoms. The molecule has 7 aromatic rings. The van der Waals surface area contributed by atoms with Gasteiger partial charge in [0.15, 0.2) is 17.4 Å². The van der Waals surface area contributed by atoms with Crippen molar-refractivity contribution in [2.24, 2.45) is 0 Å². The Balaban J connectivity index is 1.24. The van der Waals surface area contributed by atoms with Gasteiger partial charge in [-0.25, -0.2) is 9.37 Å². The average molecular weight is 589 g/mol. The number of imidazole rings is 1. The van der Waals surface area contributed by atoms with Crippen molar-refractivity contribution >= 4 is 50.7 Å². The lowest BCUT2D eigenvalue weighted by Gasteiger charge is -2.08. The third-order valence-electron chi connectivity index (χ3n) is 6.86. The van der Waals surface area contributed by atoms with Gasteiger partial charge >= 0.3 is 0 Å². The molecule has 0 aliphatic heterocycles. The van der Waals surface area contributed by atoms with Gasteiger partial charge < -0.3 is 10.3 Å². The monoisotopic (exact) mass is 588 g/mol. The summed E-state index contributed by atoms with van der Waals surface area (Å²) in [7, 11) is 0. The molecule has 0 saturated heterocycles. The summed E-state index contributed by atoms with van der Waals surface area (Å²) in [6.45, 7) is 1.52. The fraction of sp³-hybridized carbons (Fsp3) is 0.0645. The number of Topliss-reactive ketones (excluding diaryl/α,β-unsaturated/α-hetero) is 1. The van der Waals surface area contributed by atoms with Gasteiger partial charge in [0, 0.05) is 18.0 Å². The summed E-state index contributed by atoms with van der Waals surface area (Å²) in [6, 6.07) is 16.4. The van der Waals surface area contributed by atoms with Crippen LogP contribution in [0, 0.1) is 5.82 Å². The van der Waals surface area contributed by atoms with Crippen LogP contribution in [0.5, 0.6) is 0 Å². The Morgan fingerprint density at radius 1 is 0.953 bits per heavy atom. The number of halogens is 1. The molecule has 6 heterocycles. The van der Waals surface area contributed by atoms with Gasteiger partial charge in [0.2, 0.25) is 5.91 Å². The number of anilines is 1. The fourth-order valence-electron chi connectivity index (χ4n) is 4.85. The van der Waals surface area contributed by atoms with E-state index in [0.717, 1.165) is 10.4 Å². The molecule has 10 nitrogen and oxygen atoms in total. The molecule has 0 fully saturated rings. The first-order valence-corrected chi connectivity index (χ1v) is 14.0. The number of H-pyrrole nitrogens is 2. The zero-order valence-electron chi connectivity index (χ0n) is 22.6. The van der Waals surface area contributed by atoms with Crippen LogP contribution in [0.4, 0.5) is 10.1 Å². The summed E-state index contributed by atoms with van der Waals surface area (Å²) in [5.41, 5.74) is 4.27. The van der Waals surface area contributed by atoms with Crippen LogP contribution >= 0.6 is 11.3 Å². The first-order chi connectivity index (χ1) is 20.9. The van der Waals surface area contributed by atoms with Gasteiger partial charge in [0.25, 0.3) is 0 Å². The number of nitrogens with one attached hydrogen (secondary N) is 3. The number of thiophene rings is 1. The third-order valence-corrected chi connectivity index (χ3v) is 8.05. The first-order valence-electron chi connectivity index (χ1n) is 13.2. The minimum Gasteiger partial charge on any atom is -0.336 e. The van der Waals surface area contributed by atoms with Crippen LogP contribution in [-0.4, -0.2) is 46.8 Å². The number of aromatic amines is 2. The van der Waals surface area contributed by atoms with E-state index in [-0.39, 0.29) is 34.9 Å². The zero-order valence-corrected chi connectivity index (χ0v) is 23.4. The molecule has 7 rings (SSSR count). The molecule has 0 unspecified atom stereocenters. The molecule has 3 N–H and O–H groups in total. The number of hydrogen-bond donors (Lipinski definition) is 3. The van der Waals surface area contributed by atoms with E-state index in [0.29, 0.717) is 44.2 Å². The molecule has 0 aliphatic carbocycles. The van der Waals surface area contributed by atoms with Gasteiger partial charge in [-0.05, 0) is 36.8 Å². The Hall–Kier alpha value is -5.62. The van der Waals surface area contributed by atoms with Crippen molar-refractivity contribution in [2.75, 3.05) is 5.32 Å². The molecule has 0 aliphatic rings. The highest BCUT2D eigenvalue weighted by atomic mass is 32.1. The number of pyridine rings is 3. The number of aromatic nitrogens is 7. The molecule has 0 saturated carbocycles.